The van der Waals surface area contributed by atoms with Crippen molar-refractivity contribution < 1.29 is 14.7 Å². The van der Waals surface area contributed by atoms with Crippen LogP contribution in [0.25, 0.3) is 0 Å². The van der Waals surface area contributed by atoms with E-state index in [1.165, 1.54) is 6.42 Å². The van der Waals surface area contributed by atoms with E-state index in [1.807, 2.05) is 0 Å². The number of amides is 1. The second-order valence-electron chi connectivity index (χ2n) is 5.01. The van der Waals surface area contributed by atoms with Gasteiger partial charge in [0.15, 0.2) is 0 Å². The lowest BCUT2D eigenvalue weighted by Crippen LogP contribution is -2.62. The fourth-order valence-electron chi connectivity index (χ4n) is 2.84. The van der Waals surface area contributed by atoms with E-state index < -0.39 is 5.97 Å². The van der Waals surface area contributed by atoms with Crippen molar-refractivity contribution in [1.82, 2.24) is 10.6 Å². The molecule has 5 heteroatoms. The number of carboxylic acids is 1. The number of carbonyl (C=O) groups is 2. The SMILES string of the molecule is O=C(O)CCCC1NC(=O)C2CCCCC2N1. The molecule has 0 bridgehead atoms. The summed E-state index contributed by atoms with van der Waals surface area (Å²) in [6, 6.07) is 0.298. The summed E-state index contributed by atoms with van der Waals surface area (Å²) in [5, 5.41) is 15.0. The van der Waals surface area contributed by atoms with Crippen molar-refractivity contribution in [3.63, 3.8) is 0 Å². The largest absolute Gasteiger partial charge is 0.481 e. The van der Waals surface area contributed by atoms with Gasteiger partial charge in [0.2, 0.25) is 5.91 Å². The second-order valence-corrected chi connectivity index (χ2v) is 5.01. The number of nitrogens with one attached hydrogen (secondary N) is 2. The Morgan fingerprint density at radius 3 is 2.88 bits per heavy atom. The summed E-state index contributed by atoms with van der Waals surface area (Å²) in [7, 11) is 0. The molecule has 1 aliphatic heterocycles. The molecular weight excluding hydrogens is 220 g/mol. The molecule has 17 heavy (non-hydrogen) atoms. The van der Waals surface area contributed by atoms with Gasteiger partial charge in [0, 0.05) is 12.5 Å². The van der Waals surface area contributed by atoms with Gasteiger partial charge in [0.05, 0.1) is 12.1 Å². The molecule has 3 unspecified atom stereocenters. The van der Waals surface area contributed by atoms with Crippen molar-refractivity contribution in [1.29, 1.82) is 0 Å². The molecule has 1 heterocycles. The zero-order valence-electron chi connectivity index (χ0n) is 9.95. The first kappa shape index (κ1) is 12.4. The third-order valence-electron chi connectivity index (χ3n) is 3.72. The summed E-state index contributed by atoms with van der Waals surface area (Å²) < 4.78 is 0. The first-order valence-corrected chi connectivity index (χ1v) is 6.45. The molecular formula is C12H20N2O3. The summed E-state index contributed by atoms with van der Waals surface area (Å²) in [5.74, 6) is -0.504. The number of hydrogen-bond acceptors (Lipinski definition) is 3. The van der Waals surface area contributed by atoms with E-state index in [9.17, 15) is 9.59 Å². The molecule has 2 fully saturated rings. The van der Waals surface area contributed by atoms with E-state index in [1.54, 1.807) is 0 Å². The molecule has 1 saturated heterocycles. The van der Waals surface area contributed by atoms with Crippen LogP contribution >= 0.6 is 0 Å². The van der Waals surface area contributed by atoms with Crippen LogP contribution in [0.2, 0.25) is 0 Å². The van der Waals surface area contributed by atoms with Crippen LogP contribution in [-0.4, -0.2) is 29.2 Å². The maximum atomic E-state index is 11.9. The Balaban J connectivity index is 1.81. The van der Waals surface area contributed by atoms with Gasteiger partial charge in [-0.15, -0.1) is 0 Å². The quantitative estimate of drug-likeness (QED) is 0.680. The molecule has 0 aromatic carbocycles. The number of rotatable bonds is 4. The number of hydrogen-bond donors (Lipinski definition) is 3. The van der Waals surface area contributed by atoms with Crippen LogP contribution in [-0.2, 0) is 9.59 Å². The van der Waals surface area contributed by atoms with Gasteiger partial charge in [0.25, 0.3) is 0 Å². The predicted molar refractivity (Wildman–Crippen MR) is 62.3 cm³/mol. The first-order valence-electron chi connectivity index (χ1n) is 6.45. The fourth-order valence-corrected chi connectivity index (χ4v) is 2.84. The summed E-state index contributed by atoms with van der Waals surface area (Å²) >= 11 is 0. The molecule has 0 spiro atoms. The van der Waals surface area contributed by atoms with E-state index in [0.717, 1.165) is 19.3 Å². The minimum atomic E-state index is -0.775. The average molecular weight is 240 g/mol. The summed E-state index contributed by atoms with van der Waals surface area (Å²) in [6.45, 7) is 0. The highest BCUT2D eigenvalue weighted by molar-refractivity contribution is 5.80. The molecule has 3 atom stereocenters. The highest BCUT2D eigenvalue weighted by atomic mass is 16.4. The maximum Gasteiger partial charge on any atom is 0.303 e. The van der Waals surface area contributed by atoms with Gasteiger partial charge in [-0.3, -0.25) is 14.9 Å². The van der Waals surface area contributed by atoms with E-state index in [-0.39, 0.29) is 24.4 Å². The fraction of sp³-hybridized carbons (Fsp3) is 0.833. The monoisotopic (exact) mass is 240 g/mol. The van der Waals surface area contributed by atoms with E-state index in [0.29, 0.717) is 18.9 Å². The van der Waals surface area contributed by atoms with Crippen LogP contribution in [0.5, 0.6) is 0 Å². The molecule has 3 N–H and O–H groups in total. The molecule has 0 aromatic heterocycles. The lowest BCUT2D eigenvalue weighted by molar-refractivity contribution is -0.137. The lowest BCUT2D eigenvalue weighted by Gasteiger charge is -2.40. The number of fused-ring (bicyclic) bond motifs is 1. The first-order chi connectivity index (χ1) is 8.16. The van der Waals surface area contributed by atoms with Crippen molar-refractivity contribution in [3.05, 3.63) is 0 Å². The molecule has 2 aliphatic rings. The van der Waals surface area contributed by atoms with Gasteiger partial charge in [-0.2, -0.15) is 0 Å². The minimum Gasteiger partial charge on any atom is -0.481 e. The van der Waals surface area contributed by atoms with Gasteiger partial charge in [-0.25, -0.2) is 0 Å². The third-order valence-corrected chi connectivity index (χ3v) is 3.72. The van der Waals surface area contributed by atoms with Crippen LogP contribution in [0.3, 0.4) is 0 Å². The predicted octanol–water partition coefficient (Wildman–Crippen LogP) is 0.846. The molecule has 5 nitrogen and oxygen atoms in total. The highest BCUT2D eigenvalue weighted by Gasteiger charge is 2.36. The van der Waals surface area contributed by atoms with Gasteiger partial charge in [0.1, 0.15) is 0 Å². The smallest absolute Gasteiger partial charge is 0.303 e. The second kappa shape index (κ2) is 5.49. The Bertz CT molecular complexity index is 306. The molecule has 1 aliphatic carbocycles. The number of carboxylic acid groups (broad SMARTS) is 1. The lowest BCUT2D eigenvalue weighted by atomic mass is 9.82. The van der Waals surface area contributed by atoms with E-state index in [2.05, 4.69) is 10.6 Å². The van der Waals surface area contributed by atoms with Crippen molar-refractivity contribution in [3.8, 4) is 0 Å². The Morgan fingerprint density at radius 1 is 1.35 bits per heavy atom. The topological polar surface area (TPSA) is 78.4 Å². The van der Waals surface area contributed by atoms with Crippen LogP contribution in [0.1, 0.15) is 44.9 Å². The highest BCUT2D eigenvalue weighted by Crippen LogP contribution is 2.27. The van der Waals surface area contributed by atoms with Gasteiger partial charge in [-0.05, 0) is 25.7 Å². The molecule has 0 radical (unpaired) electrons. The Hall–Kier alpha value is -1.10. The van der Waals surface area contributed by atoms with Crippen molar-refractivity contribution >= 4 is 11.9 Å². The summed E-state index contributed by atoms with van der Waals surface area (Å²) in [6.07, 6.45) is 5.79. The zero-order chi connectivity index (χ0) is 12.3. The molecule has 2 rings (SSSR count). The number of carbonyl (C=O) groups excluding carboxylic acids is 1. The van der Waals surface area contributed by atoms with Crippen molar-refractivity contribution in [2.24, 2.45) is 5.92 Å². The van der Waals surface area contributed by atoms with Crippen molar-refractivity contribution in [2.75, 3.05) is 0 Å². The maximum absolute atomic E-state index is 11.9. The molecule has 1 saturated carbocycles. The number of aliphatic carboxylic acids is 1. The van der Waals surface area contributed by atoms with E-state index >= 15 is 0 Å². The summed E-state index contributed by atoms with van der Waals surface area (Å²) in [5.41, 5.74) is 0. The van der Waals surface area contributed by atoms with Crippen LogP contribution < -0.4 is 10.6 Å². The van der Waals surface area contributed by atoms with Gasteiger partial charge < -0.3 is 10.4 Å². The third kappa shape index (κ3) is 3.19. The van der Waals surface area contributed by atoms with E-state index in [4.69, 9.17) is 5.11 Å². The van der Waals surface area contributed by atoms with Crippen LogP contribution in [0.4, 0.5) is 0 Å². The molecule has 96 valence electrons. The van der Waals surface area contributed by atoms with Gasteiger partial charge in [-0.1, -0.05) is 12.8 Å². The minimum absolute atomic E-state index is 0.0406. The Morgan fingerprint density at radius 2 is 2.12 bits per heavy atom. The molecule has 1 amide bonds. The average Bonchev–Trinajstić information content (AvgIpc) is 2.28. The normalized spacial score (nSPS) is 32.7. The molecule has 0 aromatic rings. The Kier molecular flexibility index (Phi) is 3.99. The zero-order valence-corrected chi connectivity index (χ0v) is 9.95. The Labute approximate surface area is 101 Å². The van der Waals surface area contributed by atoms with Crippen molar-refractivity contribution in [2.45, 2.75) is 57.2 Å². The summed E-state index contributed by atoms with van der Waals surface area (Å²) in [4.78, 5) is 22.3. The standard InChI is InChI=1S/C12H20N2O3/c15-11(16)7-3-6-10-13-9-5-2-1-4-8(9)12(17)14-10/h8-10,13H,1-7H2,(H,14,17)(H,15,16). The van der Waals surface area contributed by atoms with Crippen LogP contribution in [0, 0.1) is 5.92 Å². The van der Waals surface area contributed by atoms with Crippen LogP contribution in [0.15, 0.2) is 0 Å². The van der Waals surface area contributed by atoms with Gasteiger partial charge >= 0.3 is 5.97 Å².